The van der Waals surface area contributed by atoms with Crippen LogP contribution in [0.4, 0.5) is 5.95 Å². The van der Waals surface area contributed by atoms with Crippen LogP contribution in [0.25, 0.3) is 0 Å². The molecule has 166 valence electrons. The Morgan fingerprint density at radius 1 is 1.19 bits per heavy atom. The fourth-order valence-electron chi connectivity index (χ4n) is 4.05. The zero-order valence-corrected chi connectivity index (χ0v) is 18.7. The molecule has 2 aliphatic heterocycles. The van der Waals surface area contributed by atoms with Gasteiger partial charge < -0.3 is 24.6 Å². The molecule has 1 unspecified atom stereocenters. The summed E-state index contributed by atoms with van der Waals surface area (Å²) in [4.78, 5) is 18.2. The summed E-state index contributed by atoms with van der Waals surface area (Å²) in [5.41, 5.74) is 2.27. The fourth-order valence-corrected chi connectivity index (χ4v) is 4.05. The number of piperazine rings is 1. The maximum absolute atomic E-state index is 5.96. The molecule has 8 nitrogen and oxygen atoms in total. The van der Waals surface area contributed by atoms with Crippen molar-refractivity contribution in [3.63, 3.8) is 0 Å². The van der Waals surface area contributed by atoms with E-state index in [1.54, 1.807) is 12.4 Å². The molecule has 2 aliphatic rings. The van der Waals surface area contributed by atoms with Gasteiger partial charge in [0.25, 0.3) is 0 Å². The van der Waals surface area contributed by atoms with Gasteiger partial charge in [-0.05, 0) is 39.0 Å². The largest absolute Gasteiger partial charge is 0.494 e. The van der Waals surface area contributed by atoms with Crippen molar-refractivity contribution in [1.29, 1.82) is 0 Å². The van der Waals surface area contributed by atoms with Crippen LogP contribution >= 0.6 is 0 Å². The Bertz CT molecular complexity index is 896. The maximum Gasteiger partial charge on any atom is 0.225 e. The average Bonchev–Trinajstić information content (AvgIpc) is 3.16. The van der Waals surface area contributed by atoms with Gasteiger partial charge in [-0.3, -0.25) is 0 Å². The molecule has 0 radical (unpaired) electrons. The van der Waals surface area contributed by atoms with E-state index in [1.165, 1.54) is 5.56 Å². The van der Waals surface area contributed by atoms with Crippen LogP contribution in [0.5, 0.6) is 11.5 Å². The number of hydrogen-bond donors (Lipinski definition) is 1. The molecule has 1 fully saturated rings. The number of nitrogens with zero attached hydrogens (tertiary/aromatic N) is 5. The number of aromatic nitrogens is 2. The average molecular weight is 425 g/mol. The number of guanidine groups is 1. The molecule has 4 rings (SSSR count). The number of ether oxygens (including phenoxy) is 2. The lowest BCUT2D eigenvalue weighted by atomic mass is 10.1. The van der Waals surface area contributed by atoms with Crippen LogP contribution in [0.15, 0.2) is 35.6 Å². The summed E-state index contributed by atoms with van der Waals surface area (Å²) in [7, 11) is 0. The van der Waals surface area contributed by atoms with E-state index < -0.39 is 0 Å². The molecule has 0 saturated carbocycles. The van der Waals surface area contributed by atoms with E-state index in [9.17, 15) is 0 Å². The Kier molecular flexibility index (Phi) is 6.74. The molecule has 0 bridgehead atoms. The Hall–Kier alpha value is -3.03. The molecule has 2 aromatic rings. The fraction of sp³-hybridized carbons (Fsp3) is 0.522. The van der Waals surface area contributed by atoms with Gasteiger partial charge in [-0.2, -0.15) is 0 Å². The van der Waals surface area contributed by atoms with E-state index in [0.717, 1.165) is 68.1 Å². The third kappa shape index (κ3) is 5.00. The lowest BCUT2D eigenvalue weighted by Crippen LogP contribution is -2.52. The highest BCUT2D eigenvalue weighted by atomic mass is 16.5. The van der Waals surface area contributed by atoms with Crippen molar-refractivity contribution in [2.45, 2.75) is 39.8 Å². The third-order valence-electron chi connectivity index (χ3n) is 5.53. The molecule has 1 aromatic heterocycles. The molecule has 31 heavy (non-hydrogen) atoms. The minimum absolute atomic E-state index is 0.213. The number of aliphatic imine (C=N–C) groups is 1. The van der Waals surface area contributed by atoms with Crippen molar-refractivity contribution in [2.24, 2.45) is 4.99 Å². The summed E-state index contributed by atoms with van der Waals surface area (Å²) in [6, 6.07) is 6.07. The molecule has 1 N–H and O–H groups in total. The normalized spacial score (nSPS) is 18.5. The van der Waals surface area contributed by atoms with E-state index in [-0.39, 0.29) is 6.10 Å². The van der Waals surface area contributed by atoms with E-state index in [2.05, 4.69) is 51.1 Å². The lowest BCUT2D eigenvalue weighted by Gasteiger charge is -2.36. The summed E-state index contributed by atoms with van der Waals surface area (Å²) < 4.78 is 11.9. The molecule has 1 aromatic carbocycles. The number of rotatable bonds is 6. The summed E-state index contributed by atoms with van der Waals surface area (Å²) in [5.74, 6) is 3.58. The third-order valence-corrected chi connectivity index (χ3v) is 5.53. The van der Waals surface area contributed by atoms with E-state index >= 15 is 0 Å². The number of anilines is 1. The van der Waals surface area contributed by atoms with Crippen LogP contribution in [0.2, 0.25) is 0 Å². The molecule has 0 amide bonds. The first kappa shape index (κ1) is 21.2. The topological polar surface area (TPSA) is 75.1 Å². The van der Waals surface area contributed by atoms with Gasteiger partial charge in [-0.25, -0.2) is 15.0 Å². The minimum Gasteiger partial charge on any atom is -0.494 e. The Labute approximate surface area is 184 Å². The smallest absolute Gasteiger partial charge is 0.225 e. The highest BCUT2D eigenvalue weighted by molar-refractivity contribution is 5.80. The van der Waals surface area contributed by atoms with Crippen LogP contribution in [-0.4, -0.2) is 66.3 Å². The predicted octanol–water partition coefficient (Wildman–Crippen LogP) is 2.49. The van der Waals surface area contributed by atoms with Gasteiger partial charge in [0, 0.05) is 62.7 Å². The van der Waals surface area contributed by atoms with Crippen molar-refractivity contribution in [3.05, 3.63) is 41.7 Å². The summed E-state index contributed by atoms with van der Waals surface area (Å²) in [5, 5.41) is 3.44. The molecular formula is C23H32N6O2. The van der Waals surface area contributed by atoms with Crippen molar-refractivity contribution in [1.82, 2.24) is 20.2 Å². The minimum atomic E-state index is 0.213. The molecule has 8 heteroatoms. The molecular weight excluding hydrogens is 392 g/mol. The SMILES string of the molecule is CCNC(=NCc1cc2c(cc1OCC)CC(C)O2)N1CCN(c2ncccn2)CC1. The first-order valence-corrected chi connectivity index (χ1v) is 11.2. The summed E-state index contributed by atoms with van der Waals surface area (Å²) in [6.45, 7) is 11.7. The van der Waals surface area contributed by atoms with Crippen molar-refractivity contribution in [3.8, 4) is 11.5 Å². The second kappa shape index (κ2) is 9.85. The highest BCUT2D eigenvalue weighted by Crippen LogP contribution is 2.35. The maximum atomic E-state index is 5.96. The van der Waals surface area contributed by atoms with Crippen LogP contribution in [-0.2, 0) is 13.0 Å². The highest BCUT2D eigenvalue weighted by Gasteiger charge is 2.23. The number of benzene rings is 1. The predicted molar refractivity (Wildman–Crippen MR) is 122 cm³/mol. The van der Waals surface area contributed by atoms with Crippen LogP contribution in [0, 0.1) is 0 Å². The molecule has 1 atom stereocenters. The van der Waals surface area contributed by atoms with Crippen LogP contribution < -0.4 is 19.7 Å². The van der Waals surface area contributed by atoms with Gasteiger partial charge in [0.05, 0.1) is 13.2 Å². The monoisotopic (exact) mass is 424 g/mol. The summed E-state index contributed by atoms with van der Waals surface area (Å²) >= 11 is 0. The van der Waals surface area contributed by atoms with Gasteiger partial charge >= 0.3 is 0 Å². The lowest BCUT2D eigenvalue weighted by molar-refractivity contribution is 0.254. The Morgan fingerprint density at radius 2 is 1.97 bits per heavy atom. The molecule has 1 saturated heterocycles. The quantitative estimate of drug-likeness (QED) is 0.564. The van der Waals surface area contributed by atoms with Crippen LogP contribution in [0.1, 0.15) is 31.9 Å². The van der Waals surface area contributed by atoms with Crippen molar-refractivity contribution >= 4 is 11.9 Å². The van der Waals surface area contributed by atoms with Gasteiger partial charge in [0.15, 0.2) is 5.96 Å². The number of nitrogens with one attached hydrogen (secondary N) is 1. The Morgan fingerprint density at radius 3 is 2.68 bits per heavy atom. The standard InChI is InChI=1S/C23H32N6O2/c1-4-24-22(28-9-11-29(12-10-28)23-25-7-6-8-26-23)27-16-19-15-21-18(13-17(3)31-21)14-20(19)30-5-2/h6-8,14-15,17H,4-5,9-13,16H2,1-3H3,(H,24,27). The second-order valence-electron chi connectivity index (χ2n) is 7.83. The number of fused-ring (bicyclic) bond motifs is 1. The van der Waals surface area contributed by atoms with Crippen molar-refractivity contribution < 1.29 is 9.47 Å². The second-order valence-corrected chi connectivity index (χ2v) is 7.83. The zero-order chi connectivity index (χ0) is 21.6. The van der Waals surface area contributed by atoms with Crippen molar-refractivity contribution in [2.75, 3.05) is 44.2 Å². The summed E-state index contributed by atoms with van der Waals surface area (Å²) in [6.07, 6.45) is 4.72. The Balaban J connectivity index is 1.47. The van der Waals surface area contributed by atoms with Gasteiger partial charge in [0.1, 0.15) is 17.6 Å². The zero-order valence-electron chi connectivity index (χ0n) is 18.7. The molecule has 3 heterocycles. The molecule has 0 spiro atoms. The van der Waals surface area contributed by atoms with E-state index in [1.807, 2.05) is 13.0 Å². The van der Waals surface area contributed by atoms with Crippen LogP contribution in [0.3, 0.4) is 0 Å². The number of hydrogen-bond acceptors (Lipinski definition) is 6. The first-order valence-electron chi connectivity index (χ1n) is 11.2. The van der Waals surface area contributed by atoms with E-state index in [4.69, 9.17) is 14.5 Å². The van der Waals surface area contributed by atoms with Gasteiger partial charge in [-0.1, -0.05) is 0 Å². The molecule has 0 aliphatic carbocycles. The van der Waals surface area contributed by atoms with Gasteiger partial charge in [-0.15, -0.1) is 0 Å². The first-order chi connectivity index (χ1) is 15.2. The van der Waals surface area contributed by atoms with E-state index in [0.29, 0.717) is 13.2 Å². The van der Waals surface area contributed by atoms with Gasteiger partial charge in [0.2, 0.25) is 5.95 Å².